The molecule has 0 N–H and O–H groups in total. The predicted molar refractivity (Wildman–Crippen MR) is 110 cm³/mol. The zero-order valence-electron chi connectivity index (χ0n) is 16.2. The Hall–Kier alpha value is -3.21. The Morgan fingerprint density at radius 2 is 1.52 bits per heavy atom. The van der Waals surface area contributed by atoms with Crippen LogP contribution in [0.3, 0.4) is 0 Å². The fourth-order valence-electron chi connectivity index (χ4n) is 5.12. The molecule has 0 unspecified atom stereocenters. The van der Waals surface area contributed by atoms with Gasteiger partial charge in [-0.15, -0.1) is 0 Å². The van der Waals surface area contributed by atoms with E-state index in [4.69, 9.17) is 0 Å². The lowest BCUT2D eigenvalue weighted by molar-refractivity contribution is -0.123. The summed E-state index contributed by atoms with van der Waals surface area (Å²) in [5.74, 6) is -0.359. The topological polar surface area (TPSA) is 57.7 Å². The first-order valence-corrected chi connectivity index (χ1v) is 10.1. The van der Waals surface area contributed by atoms with Crippen LogP contribution in [0, 0.1) is 23.7 Å². The van der Waals surface area contributed by atoms with E-state index in [0.29, 0.717) is 17.8 Å². The average Bonchev–Trinajstić information content (AvgIpc) is 3.43. The van der Waals surface area contributed by atoms with Crippen molar-refractivity contribution in [2.24, 2.45) is 23.7 Å². The maximum Gasteiger partial charge on any atom is 0.258 e. The maximum atomic E-state index is 13.0. The van der Waals surface area contributed by atoms with E-state index in [-0.39, 0.29) is 41.4 Å². The summed E-state index contributed by atoms with van der Waals surface area (Å²) in [6.45, 7) is 2.48. The number of rotatable bonds is 4. The van der Waals surface area contributed by atoms with Crippen LogP contribution >= 0.6 is 0 Å². The van der Waals surface area contributed by atoms with E-state index in [9.17, 15) is 14.4 Å². The van der Waals surface area contributed by atoms with Gasteiger partial charge in [-0.25, -0.2) is 0 Å². The number of allylic oxidation sites excluding steroid dienone is 2. The number of hydrogen-bond donors (Lipinski definition) is 0. The Bertz CT molecular complexity index is 982. The Labute approximate surface area is 169 Å². The lowest BCUT2D eigenvalue weighted by Gasteiger charge is -2.22. The van der Waals surface area contributed by atoms with Gasteiger partial charge in [0.2, 0.25) is 11.8 Å². The molecule has 1 heterocycles. The number of amides is 3. The molecular weight excluding hydrogens is 364 g/mol. The van der Waals surface area contributed by atoms with Gasteiger partial charge < -0.3 is 4.90 Å². The normalized spacial score (nSPS) is 26.9. The Morgan fingerprint density at radius 1 is 0.931 bits per heavy atom. The van der Waals surface area contributed by atoms with Crippen molar-refractivity contribution in [2.75, 3.05) is 16.3 Å². The molecule has 146 valence electrons. The summed E-state index contributed by atoms with van der Waals surface area (Å²) in [6, 6.07) is 16.3. The van der Waals surface area contributed by atoms with E-state index in [1.54, 1.807) is 29.2 Å². The molecule has 4 atom stereocenters. The van der Waals surface area contributed by atoms with Crippen molar-refractivity contribution >= 4 is 29.1 Å². The number of anilines is 2. The highest BCUT2D eigenvalue weighted by Crippen LogP contribution is 2.53. The smallest absolute Gasteiger partial charge is 0.258 e. The molecule has 1 saturated heterocycles. The minimum Gasteiger partial charge on any atom is -0.309 e. The van der Waals surface area contributed by atoms with E-state index in [0.717, 1.165) is 12.1 Å². The molecule has 2 bridgehead atoms. The number of imide groups is 1. The summed E-state index contributed by atoms with van der Waals surface area (Å²) < 4.78 is 0. The van der Waals surface area contributed by atoms with Gasteiger partial charge in [0.15, 0.2) is 0 Å². The standard InChI is InChI=1S/C24H22N2O3/c1-2-25(18-6-4-3-5-7-18)22(27)15-10-12-19(13-11-15)26-23(28)20-16-8-9-17(14-16)21(20)24(26)29/h3-13,16-17,20-21H,2,14H2,1H3/t16-,17+,20-,21+. The molecule has 0 spiro atoms. The van der Waals surface area contributed by atoms with Gasteiger partial charge in [0.1, 0.15) is 0 Å². The van der Waals surface area contributed by atoms with Gasteiger partial charge >= 0.3 is 0 Å². The van der Waals surface area contributed by atoms with E-state index >= 15 is 0 Å². The third-order valence-corrected chi connectivity index (χ3v) is 6.47. The molecule has 29 heavy (non-hydrogen) atoms. The molecule has 2 fully saturated rings. The largest absolute Gasteiger partial charge is 0.309 e. The number of benzene rings is 2. The third kappa shape index (κ3) is 2.64. The van der Waals surface area contributed by atoms with Crippen LogP contribution in [0.4, 0.5) is 11.4 Å². The lowest BCUT2D eigenvalue weighted by Crippen LogP contribution is -2.33. The summed E-state index contributed by atoms with van der Waals surface area (Å²) in [5, 5.41) is 0. The number of nitrogens with zero attached hydrogens (tertiary/aromatic N) is 2. The molecule has 5 rings (SSSR count). The van der Waals surface area contributed by atoms with Gasteiger partial charge in [-0.2, -0.15) is 0 Å². The van der Waals surface area contributed by atoms with Crippen LogP contribution in [0.2, 0.25) is 0 Å². The predicted octanol–water partition coefficient (Wildman–Crippen LogP) is 3.66. The van der Waals surface area contributed by atoms with Crippen molar-refractivity contribution in [3.63, 3.8) is 0 Å². The van der Waals surface area contributed by atoms with E-state index in [1.165, 1.54) is 4.90 Å². The van der Waals surface area contributed by atoms with Crippen LogP contribution in [-0.4, -0.2) is 24.3 Å². The van der Waals surface area contributed by atoms with E-state index < -0.39 is 0 Å². The molecule has 2 aliphatic carbocycles. The number of fused-ring (bicyclic) bond motifs is 5. The number of hydrogen-bond acceptors (Lipinski definition) is 3. The van der Waals surface area contributed by atoms with Crippen LogP contribution in [0.25, 0.3) is 0 Å². The Kier molecular flexibility index (Phi) is 4.12. The summed E-state index contributed by atoms with van der Waals surface area (Å²) in [6.07, 6.45) is 5.09. The summed E-state index contributed by atoms with van der Waals surface area (Å²) in [4.78, 5) is 41.9. The monoisotopic (exact) mass is 386 g/mol. The fraction of sp³-hybridized carbons (Fsp3) is 0.292. The average molecular weight is 386 g/mol. The first-order valence-electron chi connectivity index (χ1n) is 10.1. The molecule has 2 aromatic carbocycles. The van der Waals surface area contributed by atoms with Crippen molar-refractivity contribution in [1.82, 2.24) is 0 Å². The molecular formula is C24H22N2O3. The van der Waals surface area contributed by atoms with Crippen molar-refractivity contribution in [3.8, 4) is 0 Å². The third-order valence-electron chi connectivity index (χ3n) is 6.47. The number of para-hydroxylation sites is 1. The molecule has 3 aliphatic rings. The van der Waals surface area contributed by atoms with Crippen LogP contribution in [-0.2, 0) is 9.59 Å². The van der Waals surface area contributed by atoms with Crippen molar-refractivity contribution < 1.29 is 14.4 Å². The van der Waals surface area contributed by atoms with E-state index in [2.05, 4.69) is 12.2 Å². The van der Waals surface area contributed by atoms with Gasteiger partial charge in [-0.05, 0) is 61.6 Å². The molecule has 0 aromatic heterocycles. The number of carbonyl (C=O) groups is 3. The summed E-state index contributed by atoms with van der Waals surface area (Å²) in [5.41, 5.74) is 1.92. The van der Waals surface area contributed by atoms with Crippen LogP contribution in [0.15, 0.2) is 66.7 Å². The van der Waals surface area contributed by atoms with Crippen LogP contribution < -0.4 is 9.80 Å². The van der Waals surface area contributed by atoms with Gasteiger partial charge in [0, 0.05) is 17.8 Å². The SMILES string of the molecule is CCN(C(=O)c1ccc(N2C(=O)[C@@H]3[C@H](C2=O)[C@@H]2C=C[C@H]3C2)cc1)c1ccccc1. The molecule has 1 aliphatic heterocycles. The first-order chi connectivity index (χ1) is 14.1. The van der Waals surface area contributed by atoms with Gasteiger partial charge in [0.25, 0.3) is 5.91 Å². The fourth-order valence-corrected chi connectivity index (χ4v) is 5.12. The van der Waals surface area contributed by atoms with Crippen molar-refractivity contribution in [2.45, 2.75) is 13.3 Å². The number of carbonyl (C=O) groups excluding carboxylic acids is 3. The molecule has 1 saturated carbocycles. The van der Waals surface area contributed by atoms with E-state index in [1.807, 2.05) is 37.3 Å². The first kappa shape index (κ1) is 17.9. The maximum absolute atomic E-state index is 13.0. The van der Waals surface area contributed by atoms with Crippen molar-refractivity contribution in [1.29, 1.82) is 0 Å². The summed E-state index contributed by atoms with van der Waals surface area (Å²) >= 11 is 0. The second kappa shape index (κ2) is 6.69. The van der Waals surface area contributed by atoms with Crippen LogP contribution in [0.1, 0.15) is 23.7 Å². The zero-order valence-corrected chi connectivity index (χ0v) is 16.2. The Morgan fingerprint density at radius 3 is 2.07 bits per heavy atom. The van der Waals surface area contributed by atoms with Crippen LogP contribution in [0.5, 0.6) is 0 Å². The lowest BCUT2D eigenvalue weighted by atomic mass is 9.85. The highest BCUT2D eigenvalue weighted by molar-refractivity contribution is 6.23. The van der Waals surface area contributed by atoms with Gasteiger partial charge in [-0.3, -0.25) is 19.3 Å². The minimum absolute atomic E-state index is 0.101. The highest BCUT2D eigenvalue weighted by atomic mass is 16.2. The minimum atomic E-state index is -0.215. The van der Waals surface area contributed by atoms with Gasteiger partial charge in [-0.1, -0.05) is 30.4 Å². The Balaban J connectivity index is 1.39. The van der Waals surface area contributed by atoms with Gasteiger partial charge in [0.05, 0.1) is 17.5 Å². The summed E-state index contributed by atoms with van der Waals surface area (Å²) in [7, 11) is 0. The quantitative estimate of drug-likeness (QED) is 0.595. The molecule has 5 heteroatoms. The second-order valence-electron chi connectivity index (χ2n) is 7.94. The van der Waals surface area contributed by atoms with Crippen molar-refractivity contribution in [3.05, 3.63) is 72.3 Å². The molecule has 3 amide bonds. The zero-order chi connectivity index (χ0) is 20.1. The second-order valence-corrected chi connectivity index (χ2v) is 7.94. The molecule has 5 nitrogen and oxygen atoms in total. The molecule has 0 radical (unpaired) electrons. The molecule has 2 aromatic rings. The highest BCUT2D eigenvalue weighted by Gasteiger charge is 2.59.